The van der Waals surface area contributed by atoms with Gasteiger partial charge in [0.25, 0.3) is 0 Å². The van der Waals surface area contributed by atoms with Gasteiger partial charge in [-0.05, 0) is 42.7 Å². The van der Waals surface area contributed by atoms with E-state index >= 15 is 0 Å². The summed E-state index contributed by atoms with van der Waals surface area (Å²) in [6.07, 6.45) is 0.342. The third-order valence-electron chi connectivity index (χ3n) is 4.11. The predicted molar refractivity (Wildman–Crippen MR) is 107 cm³/mol. The first kappa shape index (κ1) is 20.3. The van der Waals surface area contributed by atoms with E-state index in [2.05, 4.69) is 10.6 Å². The average Bonchev–Trinajstić information content (AvgIpc) is 2.62. The number of aryl methyl sites for hydroxylation is 2. The lowest BCUT2D eigenvalue weighted by molar-refractivity contribution is -0.127. The first-order valence-electron chi connectivity index (χ1n) is 8.90. The molecular formula is C21H27N3O3. The topological polar surface area (TPSA) is 70.7 Å². The Morgan fingerprint density at radius 2 is 1.63 bits per heavy atom. The number of benzene rings is 2. The van der Waals surface area contributed by atoms with E-state index in [-0.39, 0.29) is 11.9 Å². The van der Waals surface area contributed by atoms with Crippen LogP contribution in [0.15, 0.2) is 42.5 Å². The molecule has 0 unspecified atom stereocenters. The Bertz CT molecular complexity index is 766. The fourth-order valence-electron chi connectivity index (χ4n) is 2.56. The standard InChI is InChI=1S/C21H27N3O3/c1-15-6-5-7-16(2)20(15)27-13-12-22-21(26)23-18-10-8-17(9-11-18)14-19(25)24(3)4/h5-11H,12-14H2,1-4H3,(H2,22,23,26). The van der Waals surface area contributed by atoms with Crippen LogP contribution in [0.1, 0.15) is 16.7 Å². The number of nitrogens with one attached hydrogen (secondary N) is 2. The molecule has 0 aliphatic carbocycles. The van der Waals surface area contributed by atoms with Gasteiger partial charge in [-0.2, -0.15) is 0 Å². The lowest BCUT2D eigenvalue weighted by Gasteiger charge is -2.13. The third kappa shape index (κ3) is 6.33. The minimum absolute atomic E-state index is 0.0392. The van der Waals surface area contributed by atoms with Crippen LogP contribution in [-0.2, 0) is 11.2 Å². The maximum Gasteiger partial charge on any atom is 0.319 e. The summed E-state index contributed by atoms with van der Waals surface area (Å²) >= 11 is 0. The van der Waals surface area contributed by atoms with Crippen LogP contribution in [0.2, 0.25) is 0 Å². The number of carbonyl (C=O) groups excluding carboxylic acids is 2. The normalized spacial score (nSPS) is 10.2. The van der Waals surface area contributed by atoms with Crippen molar-refractivity contribution in [1.82, 2.24) is 10.2 Å². The number of hydrogen-bond acceptors (Lipinski definition) is 3. The van der Waals surface area contributed by atoms with E-state index in [1.807, 2.05) is 44.2 Å². The molecule has 0 aliphatic rings. The maximum absolute atomic E-state index is 12.0. The highest BCUT2D eigenvalue weighted by Crippen LogP contribution is 2.21. The summed E-state index contributed by atoms with van der Waals surface area (Å²) < 4.78 is 5.76. The second kappa shape index (κ2) is 9.62. The number of anilines is 1. The van der Waals surface area contributed by atoms with Gasteiger partial charge in [0.15, 0.2) is 0 Å². The Morgan fingerprint density at radius 3 is 2.22 bits per heavy atom. The van der Waals surface area contributed by atoms with Gasteiger partial charge in [0, 0.05) is 19.8 Å². The smallest absolute Gasteiger partial charge is 0.319 e. The second-order valence-electron chi connectivity index (χ2n) is 6.61. The molecule has 6 heteroatoms. The summed E-state index contributed by atoms with van der Waals surface area (Å²) in [5.74, 6) is 0.903. The van der Waals surface area contributed by atoms with Crippen molar-refractivity contribution in [3.8, 4) is 5.75 Å². The number of likely N-dealkylation sites (N-methyl/N-ethyl adjacent to an activating group) is 1. The molecule has 0 spiro atoms. The van der Waals surface area contributed by atoms with Crippen LogP contribution in [0.4, 0.5) is 10.5 Å². The summed E-state index contributed by atoms with van der Waals surface area (Å²) in [6, 6.07) is 12.9. The van der Waals surface area contributed by atoms with Gasteiger partial charge >= 0.3 is 6.03 Å². The molecule has 0 saturated carbocycles. The first-order chi connectivity index (χ1) is 12.9. The van der Waals surface area contributed by atoms with Crippen LogP contribution in [-0.4, -0.2) is 44.1 Å². The van der Waals surface area contributed by atoms with Crippen molar-refractivity contribution in [2.24, 2.45) is 0 Å². The molecule has 2 aromatic carbocycles. The molecule has 0 fully saturated rings. The molecule has 2 aromatic rings. The quantitative estimate of drug-likeness (QED) is 0.737. The van der Waals surface area contributed by atoms with Gasteiger partial charge in [-0.15, -0.1) is 0 Å². The van der Waals surface area contributed by atoms with Crippen molar-refractivity contribution in [1.29, 1.82) is 0 Å². The molecule has 2 N–H and O–H groups in total. The fraction of sp³-hybridized carbons (Fsp3) is 0.333. The second-order valence-corrected chi connectivity index (χ2v) is 6.61. The molecule has 144 valence electrons. The Kier molecular flexibility index (Phi) is 7.23. The number of amides is 3. The number of ether oxygens (including phenoxy) is 1. The molecule has 3 amide bonds. The highest BCUT2D eigenvalue weighted by molar-refractivity contribution is 5.89. The van der Waals surface area contributed by atoms with E-state index in [0.29, 0.717) is 25.3 Å². The fourth-order valence-corrected chi connectivity index (χ4v) is 2.56. The third-order valence-corrected chi connectivity index (χ3v) is 4.11. The molecule has 0 aliphatic heterocycles. The minimum Gasteiger partial charge on any atom is -0.491 e. The van der Waals surface area contributed by atoms with Gasteiger partial charge < -0.3 is 20.3 Å². The van der Waals surface area contributed by atoms with Gasteiger partial charge in [0.1, 0.15) is 12.4 Å². The van der Waals surface area contributed by atoms with Crippen molar-refractivity contribution in [3.63, 3.8) is 0 Å². The van der Waals surface area contributed by atoms with Crippen LogP contribution in [0.5, 0.6) is 5.75 Å². The first-order valence-corrected chi connectivity index (χ1v) is 8.90. The Hall–Kier alpha value is -3.02. The molecule has 0 bridgehead atoms. The van der Waals surface area contributed by atoms with Gasteiger partial charge in [-0.25, -0.2) is 4.79 Å². The maximum atomic E-state index is 12.0. The van der Waals surface area contributed by atoms with E-state index in [9.17, 15) is 9.59 Å². The summed E-state index contributed by atoms with van der Waals surface area (Å²) in [6.45, 7) is 4.79. The Balaban J connectivity index is 1.75. The highest BCUT2D eigenvalue weighted by Gasteiger charge is 2.07. The monoisotopic (exact) mass is 369 g/mol. The molecule has 0 heterocycles. The number of nitrogens with zero attached hydrogens (tertiary/aromatic N) is 1. The van der Waals surface area contributed by atoms with E-state index in [1.54, 1.807) is 31.1 Å². The van der Waals surface area contributed by atoms with Crippen LogP contribution in [0, 0.1) is 13.8 Å². The van der Waals surface area contributed by atoms with Crippen molar-refractivity contribution in [2.75, 3.05) is 32.6 Å². The van der Waals surface area contributed by atoms with Crippen LogP contribution in [0.25, 0.3) is 0 Å². The average molecular weight is 369 g/mol. The number of hydrogen-bond donors (Lipinski definition) is 2. The molecule has 2 rings (SSSR count). The van der Waals surface area contributed by atoms with Gasteiger partial charge in [0.05, 0.1) is 13.0 Å². The van der Waals surface area contributed by atoms with Gasteiger partial charge in [0.2, 0.25) is 5.91 Å². The largest absolute Gasteiger partial charge is 0.491 e. The molecule has 0 saturated heterocycles. The summed E-state index contributed by atoms with van der Waals surface area (Å²) in [7, 11) is 3.46. The molecule has 27 heavy (non-hydrogen) atoms. The molecule has 0 atom stereocenters. The lowest BCUT2D eigenvalue weighted by Crippen LogP contribution is -2.32. The van der Waals surface area contributed by atoms with E-state index in [4.69, 9.17) is 4.74 Å². The molecular weight excluding hydrogens is 342 g/mol. The van der Waals surface area contributed by atoms with Gasteiger partial charge in [-0.3, -0.25) is 4.79 Å². The van der Waals surface area contributed by atoms with Crippen molar-refractivity contribution < 1.29 is 14.3 Å². The molecule has 6 nitrogen and oxygen atoms in total. The Morgan fingerprint density at radius 1 is 1.00 bits per heavy atom. The summed E-state index contributed by atoms with van der Waals surface area (Å²) in [5, 5.41) is 5.53. The number of rotatable bonds is 7. The van der Waals surface area contributed by atoms with Crippen molar-refractivity contribution in [3.05, 3.63) is 59.2 Å². The zero-order valence-corrected chi connectivity index (χ0v) is 16.3. The van der Waals surface area contributed by atoms with E-state index in [0.717, 1.165) is 22.4 Å². The van der Waals surface area contributed by atoms with Crippen LogP contribution >= 0.6 is 0 Å². The SMILES string of the molecule is Cc1cccc(C)c1OCCNC(=O)Nc1ccc(CC(=O)N(C)C)cc1. The highest BCUT2D eigenvalue weighted by atomic mass is 16.5. The number of carbonyl (C=O) groups is 2. The predicted octanol–water partition coefficient (Wildman–Crippen LogP) is 3.13. The zero-order valence-electron chi connectivity index (χ0n) is 16.3. The number of urea groups is 1. The Labute approximate surface area is 160 Å². The summed E-state index contributed by atoms with van der Waals surface area (Å²) in [5.41, 5.74) is 3.73. The minimum atomic E-state index is -0.294. The zero-order chi connectivity index (χ0) is 19.8. The van der Waals surface area contributed by atoms with Crippen LogP contribution in [0.3, 0.4) is 0 Å². The number of para-hydroxylation sites is 1. The van der Waals surface area contributed by atoms with Crippen molar-refractivity contribution in [2.45, 2.75) is 20.3 Å². The van der Waals surface area contributed by atoms with Crippen molar-refractivity contribution >= 4 is 17.6 Å². The van der Waals surface area contributed by atoms with E-state index in [1.165, 1.54) is 0 Å². The molecule has 0 radical (unpaired) electrons. The summed E-state index contributed by atoms with van der Waals surface area (Å²) in [4.78, 5) is 25.2. The lowest BCUT2D eigenvalue weighted by atomic mass is 10.1. The van der Waals surface area contributed by atoms with Crippen LogP contribution < -0.4 is 15.4 Å². The van der Waals surface area contributed by atoms with E-state index < -0.39 is 0 Å². The molecule has 0 aromatic heterocycles. The van der Waals surface area contributed by atoms with Gasteiger partial charge in [-0.1, -0.05) is 30.3 Å².